The van der Waals surface area contributed by atoms with Gasteiger partial charge in [0.2, 0.25) is 0 Å². The van der Waals surface area contributed by atoms with Crippen LogP contribution in [0.2, 0.25) is 0 Å². The summed E-state index contributed by atoms with van der Waals surface area (Å²) < 4.78 is 0. The van der Waals surface area contributed by atoms with Crippen molar-refractivity contribution in [2.24, 2.45) is 5.92 Å². The first-order chi connectivity index (χ1) is 8.27. The van der Waals surface area contributed by atoms with Crippen LogP contribution < -0.4 is 0 Å². The van der Waals surface area contributed by atoms with Crippen LogP contribution in [0.1, 0.15) is 52.4 Å². The Labute approximate surface area is 108 Å². The molecule has 17 heavy (non-hydrogen) atoms. The van der Waals surface area contributed by atoms with E-state index in [1.807, 2.05) is 0 Å². The Morgan fingerprint density at radius 1 is 1.24 bits per heavy atom. The summed E-state index contributed by atoms with van der Waals surface area (Å²) in [7, 11) is 2.26. The number of nitrogens with zero attached hydrogens (tertiary/aromatic N) is 1. The molecule has 0 spiro atoms. The van der Waals surface area contributed by atoms with Crippen molar-refractivity contribution >= 4 is 0 Å². The van der Waals surface area contributed by atoms with Gasteiger partial charge in [0.25, 0.3) is 0 Å². The summed E-state index contributed by atoms with van der Waals surface area (Å²) in [6, 6.07) is 0. The first-order valence-electron chi connectivity index (χ1n) is 7.33. The van der Waals surface area contributed by atoms with Gasteiger partial charge in [-0.2, -0.15) is 0 Å². The molecule has 0 heterocycles. The molecule has 0 saturated carbocycles. The second kappa shape index (κ2) is 8.52. The molecule has 0 aromatic carbocycles. The highest BCUT2D eigenvalue weighted by Crippen LogP contribution is 2.24. The Morgan fingerprint density at radius 2 is 2.06 bits per heavy atom. The molecule has 0 radical (unpaired) electrons. The van der Waals surface area contributed by atoms with Gasteiger partial charge in [-0.1, -0.05) is 38.5 Å². The normalized spacial score (nSPS) is 17.3. The molecule has 1 aliphatic carbocycles. The summed E-state index contributed by atoms with van der Waals surface area (Å²) >= 11 is 0. The molecule has 98 valence electrons. The van der Waals surface area contributed by atoms with E-state index in [0.29, 0.717) is 0 Å². The average molecular weight is 235 g/mol. The van der Waals surface area contributed by atoms with E-state index < -0.39 is 0 Å². The lowest BCUT2D eigenvalue weighted by Gasteiger charge is -2.22. The zero-order valence-corrected chi connectivity index (χ0v) is 11.9. The Hall–Kier alpha value is -0.560. The van der Waals surface area contributed by atoms with Crippen LogP contribution in [0.5, 0.6) is 0 Å². The summed E-state index contributed by atoms with van der Waals surface area (Å²) in [6.07, 6.45) is 14.8. The highest BCUT2D eigenvalue weighted by molar-refractivity contribution is 5.24. The van der Waals surface area contributed by atoms with Crippen LogP contribution in [-0.2, 0) is 0 Å². The minimum atomic E-state index is 0.774. The molecular weight excluding hydrogens is 206 g/mol. The van der Waals surface area contributed by atoms with Crippen molar-refractivity contribution in [2.45, 2.75) is 52.4 Å². The van der Waals surface area contributed by atoms with Crippen LogP contribution in [0.25, 0.3) is 0 Å². The van der Waals surface area contributed by atoms with Crippen LogP contribution in [0.3, 0.4) is 0 Å². The molecule has 1 nitrogen and oxygen atoms in total. The monoisotopic (exact) mass is 235 g/mol. The predicted octanol–water partition coefficient (Wildman–Crippen LogP) is 4.41. The van der Waals surface area contributed by atoms with Gasteiger partial charge < -0.3 is 4.90 Å². The Kier molecular flexibility index (Phi) is 7.27. The molecule has 0 amide bonds. The summed E-state index contributed by atoms with van der Waals surface area (Å²) in [5.41, 5.74) is 1.59. The van der Waals surface area contributed by atoms with Gasteiger partial charge in [-0.05, 0) is 63.7 Å². The van der Waals surface area contributed by atoms with E-state index in [9.17, 15) is 0 Å². The quantitative estimate of drug-likeness (QED) is 0.602. The highest BCUT2D eigenvalue weighted by atomic mass is 15.1. The van der Waals surface area contributed by atoms with Gasteiger partial charge in [0.15, 0.2) is 0 Å². The van der Waals surface area contributed by atoms with Crippen molar-refractivity contribution in [1.29, 1.82) is 0 Å². The van der Waals surface area contributed by atoms with Crippen LogP contribution >= 0.6 is 0 Å². The molecule has 0 N–H and O–H groups in total. The zero-order chi connectivity index (χ0) is 12.5. The predicted molar refractivity (Wildman–Crippen MR) is 77.3 cm³/mol. The smallest absolute Gasteiger partial charge is 0.00160 e. The molecule has 0 fully saturated rings. The third-order valence-corrected chi connectivity index (χ3v) is 3.74. The maximum absolute atomic E-state index is 2.49. The fourth-order valence-corrected chi connectivity index (χ4v) is 2.46. The Morgan fingerprint density at radius 3 is 2.65 bits per heavy atom. The molecule has 1 heteroatoms. The van der Waals surface area contributed by atoms with E-state index in [0.717, 1.165) is 5.92 Å². The van der Waals surface area contributed by atoms with Gasteiger partial charge in [-0.15, -0.1) is 0 Å². The van der Waals surface area contributed by atoms with Crippen LogP contribution in [0.4, 0.5) is 0 Å². The van der Waals surface area contributed by atoms with Gasteiger partial charge >= 0.3 is 0 Å². The fraction of sp³-hybridized carbons (Fsp3) is 0.750. The lowest BCUT2D eigenvalue weighted by Crippen LogP contribution is -2.23. The largest absolute Gasteiger partial charge is 0.306 e. The third-order valence-electron chi connectivity index (χ3n) is 3.74. The molecule has 1 rings (SSSR count). The van der Waals surface area contributed by atoms with Crippen molar-refractivity contribution in [3.8, 4) is 0 Å². The molecule has 1 unspecified atom stereocenters. The van der Waals surface area contributed by atoms with E-state index >= 15 is 0 Å². The van der Waals surface area contributed by atoms with Crippen molar-refractivity contribution < 1.29 is 0 Å². The van der Waals surface area contributed by atoms with Crippen LogP contribution in [0.15, 0.2) is 23.8 Å². The van der Waals surface area contributed by atoms with Gasteiger partial charge in [0.1, 0.15) is 0 Å². The van der Waals surface area contributed by atoms with Crippen molar-refractivity contribution in [1.82, 2.24) is 4.90 Å². The van der Waals surface area contributed by atoms with Crippen LogP contribution in [0, 0.1) is 5.92 Å². The maximum atomic E-state index is 2.49. The van der Waals surface area contributed by atoms with E-state index in [1.54, 1.807) is 5.57 Å². The van der Waals surface area contributed by atoms with E-state index in [1.165, 1.54) is 51.6 Å². The van der Waals surface area contributed by atoms with E-state index in [4.69, 9.17) is 0 Å². The molecule has 0 aromatic heterocycles. The van der Waals surface area contributed by atoms with E-state index in [2.05, 4.69) is 44.0 Å². The van der Waals surface area contributed by atoms with Gasteiger partial charge in [-0.25, -0.2) is 0 Å². The minimum Gasteiger partial charge on any atom is -0.306 e. The van der Waals surface area contributed by atoms with Gasteiger partial charge in [0, 0.05) is 0 Å². The van der Waals surface area contributed by atoms with Crippen molar-refractivity contribution in [2.75, 3.05) is 20.1 Å². The molecule has 0 bridgehead atoms. The standard InChI is InChI=1S/C16H29N/c1-4-6-13-17(3)14-12-15(5-2)16-10-8-7-9-11-16/h8,10-11,15H,4-7,9,12-14H2,1-3H3. The minimum absolute atomic E-state index is 0.774. The first kappa shape index (κ1) is 14.5. The van der Waals surface area contributed by atoms with E-state index in [-0.39, 0.29) is 0 Å². The molecule has 0 aromatic rings. The second-order valence-electron chi connectivity index (χ2n) is 5.23. The topological polar surface area (TPSA) is 3.24 Å². The second-order valence-corrected chi connectivity index (χ2v) is 5.23. The lowest BCUT2D eigenvalue weighted by molar-refractivity contribution is 0.304. The van der Waals surface area contributed by atoms with Gasteiger partial charge in [0.05, 0.1) is 0 Å². The zero-order valence-electron chi connectivity index (χ0n) is 11.9. The summed E-state index contributed by atoms with van der Waals surface area (Å²) in [5.74, 6) is 0.774. The number of hydrogen-bond acceptors (Lipinski definition) is 1. The molecule has 0 saturated heterocycles. The van der Waals surface area contributed by atoms with Crippen LogP contribution in [-0.4, -0.2) is 25.0 Å². The third kappa shape index (κ3) is 5.54. The fourth-order valence-electron chi connectivity index (χ4n) is 2.46. The maximum Gasteiger partial charge on any atom is -0.00160 e. The van der Waals surface area contributed by atoms with Crippen molar-refractivity contribution in [3.63, 3.8) is 0 Å². The molecule has 1 aliphatic rings. The molecule has 1 atom stereocenters. The Balaban J connectivity index is 2.31. The first-order valence-corrected chi connectivity index (χ1v) is 7.33. The molecular formula is C16H29N. The number of rotatable bonds is 8. The highest BCUT2D eigenvalue weighted by Gasteiger charge is 2.12. The summed E-state index contributed by atoms with van der Waals surface area (Å²) in [6.45, 7) is 7.08. The SMILES string of the molecule is CCCCN(C)CCC(CC)C1=CCCC=C1. The summed E-state index contributed by atoms with van der Waals surface area (Å²) in [5, 5.41) is 0. The molecule has 0 aliphatic heterocycles. The number of hydrogen-bond donors (Lipinski definition) is 0. The van der Waals surface area contributed by atoms with Crippen molar-refractivity contribution in [3.05, 3.63) is 23.8 Å². The lowest BCUT2D eigenvalue weighted by atomic mass is 9.89. The number of allylic oxidation sites excluding steroid dienone is 4. The Bertz CT molecular complexity index is 252. The van der Waals surface area contributed by atoms with Gasteiger partial charge in [-0.3, -0.25) is 0 Å². The summed E-state index contributed by atoms with van der Waals surface area (Å²) in [4.78, 5) is 2.49. The number of unbranched alkanes of at least 4 members (excludes halogenated alkanes) is 1. The average Bonchev–Trinajstić information content (AvgIpc) is 2.38.